The van der Waals surface area contributed by atoms with Crippen LogP contribution in [0.1, 0.15) is 30.5 Å². The van der Waals surface area contributed by atoms with Gasteiger partial charge >= 0.3 is 0 Å². The van der Waals surface area contributed by atoms with Gasteiger partial charge in [0.15, 0.2) is 0 Å². The number of rotatable bonds is 4. The first kappa shape index (κ1) is 12.2. The molecule has 0 fully saturated rings. The zero-order valence-corrected chi connectivity index (χ0v) is 9.93. The molecule has 0 aliphatic rings. The van der Waals surface area contributed by atoms with Crippen LogP contribution in [0.5, 0.6) is 0 Å². The van der Waals surface area contributed by atoms with Crippen LogP contribution in [0, 0.1) is 6.92 Å². The van der Waals surface area contributed by atoms with Crippen LogP contribution in [-0.4, -0.2) is 0 Å². The number of aryl methyl sites for hydroxylation is 1. The van der Waals surface area contributed by atoms with E-state index < -0.39 is 0 Å². The third kappa shape index (κ3) is 3.34. The van der Waals surface area contributed by atoms with Gasteiger partial charge in [-0.2, -0.15) is 0 Å². The summed E-state index contributed by atoms with van der Waals surface area (Å²) in [6.07, 6.45) is 0.832. The maximum Gasteiger partial charge on any atom is 0.0499 e. The van der Waals surface area contributed by atoms with Crippen LogP contribution in [0.15, 0.2) is 30.4 Å². The molecule has 0 bridgehead atoms. The number of nitrogens with two attached hydrogens (primary N) is 1. The van der Waals surface area contributed by atoms with Crippen molar-refractivity contribution in [3.63, 3.8) is 0 Å². The second-order valence-corrected chi connectivity index (χ2v) is 4.32. The minimum atomic E-state index is 0.111. The van der Waals surface area contributed by atoms with Crippen LogP contribution in [0.4, 0.5) is 0 Å². The molecule has 1 aromatic carbocycles. The van der Waals surface area contributed by atoms with Crippen molar-refractivity contribution in [2.24, 2.45) is 5.84 Å². The van der Waals surface area contributed by atoms with Gasteiger partial charge in [0.2, 0.25) is 0 Å². The molecule has 3 heteroatoms. The van der Waals surface area contributed by atoms with Crippen molar-refractivity contribution in [3.8, 4) is 0 Å². The van der Waals surface area contributed by atoms with Crippen LogP contribution in [0.2, 0.25) is 5.02 Å². The summed E-state index contributed by atoms with van der Waals surface area (Å²) in [5, 5.41) is 0.752. The second kappa shape index (κ2) is 5.31. The fourth-order valence-electron chi connectivity index (χ4n) is 1.64. The van der Waals surface area contributed by atoms with E-state index in [1.54, 1.807) is 0 Å². The molecule has 1 unspecified atom stereocenters. The molecule has 3 N–H and O–H groups in total. The largest absolute Gasteiger partial charge is 0.271 e. The Labute approximate surface area is 96.1 Å². The van der Waals surface area contributed by atoms with E-state index in [0.29, 0.717) is 0 Å². The van der Waals surface area contributed by atoms with Crippen molar-refractivity contribution in [2.75, 3.05) is 0 Å². The molecule has 0 heterocycles. The molecule has 0 aliphatic heterocycles. The SMILES string of the molecule is C=C(C)CC(NN)c1ccc(Cl)cc1C. The van der Waals surface area contributed by atoms with E-state index in [1.807, 2.05) is 32.0 Å². The lowest BCUT2D eigenvalue weighted by molar-refractivity contribution is 0.548. The molecule has 82 valence electrons. The molecule has 0 aromatic heterocycles. The summed E-state index contributed by atoms with van der Waals surface area (Å²) < 4.78 is 0. The quantitative estimate of drug-likeness (QED) is 0.469. The van der Waals surface area contributed by atoms with Crippen molar-refractivity contribution in [3.05, 3.63) is 46.5 Å². The Bertz CT molecular complexity index is 361. The van der Waals surface area contributed by atoms with Crippen LogP contribution in [0.3, 0.4) is 0 Å². The molecule has 1 aromatic rings. The smallest absolute Gasteiger partial charge is 0.0499 e. The average molecular weight is 225 g/mol. The number of hydrogen-bond acceptors (Lipinski definition) is 2. The van der Waals surface area contributed by atoms with Crippen molar-refractivity contribution in [2.45, 2.75) is 26.3 Å². The number of nitrogens with one attached hydrogen (secondary N) is 1. The lowest BCUT2D eigenvalue weighted by atomic mass is 9.97. The molecule has 2 nitrogen and oxygen atoms in total. The Hall–Kier alpha value is -0.830. The fraction of sp³-hybridized carbons (Fsp3) is 0.333. The maximum atomic E-state index is 5.90. The first-order chi connectivity index (χ1) is 7.04. The van der Waals surface area contributed by atoms with Crippen LogP contribution < -0.4 is 11.3 Å². The number of benzene rings is 1. The predicted octanol–water partition coefficient (Wildman–Crippen LogP) is 3.12. The van der Waals surface area contributed by atoms with E-state index in [4.69, 9.17) is 17.4 Å². The summed E-state index contributed by atoms with van der Waals surface area (Å²) in [7, 11) is 0. The van der Waals surface area contributed by atoms with E-state index in [0.717, 1.165) is 22.6 Å². The summed E-state index contributed by atoms with van der Waals surface area (Å²) in [6, 6.07) is 5.94. The maximum absolute atomic E-state index is 5.90. The van der Waals surface area contributed by atoms with Gasteiger partial charge in [-0.05, 0) is 43.5 Å². The van der Waals surface area contributed by atoms with Gasteiger partial charge in [-0.1, -0.05) is 23.2 Å². The van der Waals surface area contributed by atoms with E-state index in [2.05, 4.69) is 12.0 Å². The predicted molar refractivity (Wildman–Crippen MR) is 65.7 cm³/mol. The van der Waals surface area contributed by atoms with Gasteiger partial charge in [0.05, 0.1) is 0 Å². The molecule has 1 atom stereocenters. The summed E-state index contributed by atoms with van der Waals surface area (Å²) in [5.74, 6) is 5.54. The summed E-state index contributed by atoms with van der Waals surface area (Å²) in [5.41, 5.74) is 6.23. The third-order valence-electron chi connectivity index (χ3n) is 2.36. The van der Waals surface area contributed by atoms with Gasteiger partial charge in [-0.25, -0.2) is 0 Å². The highest BCUT2D eigenvalue weighted by atomic mass is 35.5. The first-order valence-corrected chi connectivity index (χ1v) is 5.29. The Morgan fingerprint density at radius 2 is 2.27 bits per heavy atom. The molecule has 0 spiro atoms. The molecular weight excluding hydrogens is 208 g/mol. The van der Waals surface area contributed by atoms with Crippen LogP contribution >= 0.6 is 11.6 Å². The monoisotopic (exact) mass is 224 g/mol. The Balaban J connectivity index is 2.96. The third-order valence-corrected chi connectivity index (χ3v) is 2.60. The van der Waals surface area contributed by atoms with E-state index in [9.17, 15) is 0 Å². The van der Waals surface area contributed by atoms with Crippen LogP contribution in [0.25, 0.3) is 0 Å². The lowest BCUT2D eigenvalue weighted by Crippen LogP contribution is -2.28. The van der Waals surface area contributed by atoms with Crippen molar-refractivity contribution >= 4 is 11.6 Å². The highest BCUT2D eigenvalue weighted by molar-refractivity contribution is 6.30. The van der Waals surface area contributed by atoms with Crippen LogP contribution in [-0.2, 0) is 0 Å². The van der Waals surface area contributed by atoms with Gasteiger partial charge in [-0.3, -0.25) is 11.3 Å². The number of hydrazine groups is 1. The summed E-state index contributed by atoms with van der Waals surface area (Å²) >= 11 is 5.90. The Morgan fingerprint density at radius 1 is 1.60 bits per heavy atom. The molecular formula is C12H17ClN2. The van der Waals surface area contributed by atoms with Gasteiger partial charge in [0.1, 0.15) is 0 Å². The normalized spacial score (nSPS) is 12.5. The van der Waals surface area contributed by atoms with Crippen molar-refractivity contribution in [1.29, 1.82) is 0 Å². The lowest BCUT2D eigenvalue weighted by Gasteiger charge is -2.18. The molecule has 15 heavy (non-hydrogen) atoms. The molecule has 0 radical (unpaired) electrons. The topological polar surface area (TPSA) is 38.0 Å². The van der Waals surface area contributed by atoms with E-state index >= 15 is 0 Å². The highest BCUT2D eigenvalue weighted by Crippen LogP contribution is 2.24. The zero-order chi connectivity index (χ0) is 11.4. The number of hydrogen-bond donors (Lipinski definition) is 2. The van der Waals surface area contributed by atoms with Gasteiger partial charge in [0.25, 0.3) is 0 Å². The Kier molecular flexibility index (Phi) is 4.33. The standard InChI is InChI=1S/C12H17ClN2/c1-8(2)6-12(15-14)11-5-4-10(13)7-9(11)3/h4-5,7,12,15H,1,6,14H2,2-3H3. The molecule has 0 saturated heterocycles. The number of halogens is 1. The van der Waals surface area contributed by atoms with E-state index in [1.165, 1.54) is 5.56 Å². The average Bonchev–Trinajstić information content (AvgIpc) is 2.14. The summed E-state index contributed by atoms with van der Waals surface area (Å²) in [6.45, 7) is 7.92. The molecule has 0 aliphatic carbocycles. The molecule has 0 saturated carbocycles. The minimum absolute atomic E-state index is 0.111. The van der Waals surface area contributed by atoms with Gasteiger partial charge in [0, 0.05) is 11.1 Å². The fourth-order valence-corrected chi connectivity index (χ4v) is 1.86. The Morgan fingerprint density at radius 3 is 2.73 bits per heavy atom. The minimum Gasteiger partial charge on any atom is -0.271 e. The van der Waals surface area contributed by atoms with Gasteiger partial charge in [-0.15, -0.1) is 6.58 Å². The van der Waals surface area contributed by atoms with E-state index in [-0.39, 0.29) is 6.04 Å². The second-order valence-electron chi connectivity index (χ2n) is 3.88. The first-order valence-electron chi connectivity index (χ1n) is 4.91. The van der Waals surface area contributed by atoms with Crippen molar-refractivity contribution < 1.29 is 0 Å². The molecule has 0 amide bonds. The molecule has 1 rings (SSSR count). The van der Waals surface area contributed by atoms with Gasteiger partial charge < -0.3 is 0 Å². The van der Waals surface area contributed by atoms with Crippen molar-refractivity contribution in [1.82, 2.24) is 5.43 Å². The highest BCUT2D eigenvalue weighted by Gasteiger charge is 2.12. The zero-order valence-electron chi connectivity index (χ0n) is 9.18. The summed E-state index contributed by atoms with van der Waals surface area (Å²) in [4.78, 5) is 0.